The summed E-state index contributed by atoms with van der Waals surface area (Å²) in [5.74, 6) is -0.137. The van der Waals surface area contributed by atoms with E-state index in [0.29, 0.717) is 12.1 Å². The number of nitrogens with one attached hydrogen (secondary N) is 3. The molecule has 3 aromatic rings. The van der Waals surface area contributed by atoms with Crippen LogP contribution in [0, 0.1) is 0 Å². The minimum atomic E-state index is -0.136. The lowest BCUT2D eigenvalue weighted by atomic mass is 10.00. The molecule has 2 amide bonds. The van der Waals surface area contributed by atoms with Crippen LogP contribution in [0.2, 0.25) is 0 Å². The molecule has 3 aromatic carbocycles. The van der Waals surface area contributed by atoms with Crippen LogP contribution >= 0.6 is 0 Å². The van der Waals surface area contributed by atoms with Crippen LogP contribution in [0.4, 0.5) is 17.1 Å². The molecule has 0 fully saturated rings. The second kappa shape index (κ2) is 9.49. The molecule has 1 aliphatic heterocycles. The van der Waals surface area contributed by atoms with Gasteiger partial charge in [0, 0.05) is 29.7 Å². The molecule has 6 nitrogen and oxygen atoms in total. The lowest BCUT2D eigenvalue weighted by molar-refractivity contribution is -0.117. The van der Waals surface area contributed by atoms with E-state index >= 15 is 0 Å². The van der Waals surface area contributed by atoms with Crippen molar-refractivity contribution >= 4 is 40.1 Å². The number of rotatable bonds is 7. The zero-order valence-electron chi connectivity index (χ0n) is 18.2. The Morgan fingerprint density at radius 1 is 0.938 bits per heavy atom. The number of amides is 2. The maximum Gasteiger partial charge on any atom is 0.258 e. The van der Waals surface area contributed by atoms with E-state index in [-0.39, 0.29) is 11.8 Å². The maximum atomic E-state index is 12.9. The molecule has 0 aliphatic carbocycles. The average molecular weight is 427 g/mol. The molecule has 162 valence electrons. The molecule has 0 saturated heterocycles. The van der Waals surface area contributed by atoms with Gasteiger partial charge in [-0.1, -0.05) is 55.5 Å². The van der Waals surface area contributed by atoms with Crippen molar-refractivity contribution < 1.29 is 9.59 Å². The highest BCUT2D eigenvalue weighted by molar-refractivity contribution is 6.37. The number of hydrogen-bond acceptors (Lipinski definition) is 4. The first-order chi connectivity index (χ1) is 15.6. The molecule has 0 saturated carbocycles. The number of para-hydroxylation sites is 1. The third-order valence-electron chi connectivity index (χ3n) is 5.41. The summed E-state index contributed by atoms with van der Waals surface area (Å²) >= 11 is 0. The first kappa shape index (κ1) is 21.3. The smallest absolute Gasteiger partial charge is 0.258 e. The van der Waals surface area contributed by atoms with Crippen LogP contribution in [0.3, 0.4) is 0 Å². The number of nitrogens with zero attached hydrogens (tertiary/aromatic N) is 1. The Bertz CT molecular complexity index is 1150. The second-order valence-electron chi connectivity index (χ2n) is 7.52. The van der Waals surface area contributed by atoms with E-state index in [1.807, 2.05) is 85.8 Å². The minimum Gasteiger partial charge on any atom is -0.354 e. The fourth-order valence-electron chi connectivity index (χ4n) is 3.66. The van der Waals surface area contributed by atoms with Gasteiger partial charge in [0.2, 0.25) is 5.91 Å². The second-order valence-corrected chi connectivity index (χ2v) is 7.52. The zero-order valence-corrected chi connectivity index (χ0v) is 18.2. The van der Waals surface area contributed by atoms with Gasteiger partial charge in [-0.2, -0.15) is 0 Å². The van der Waals surface area contributed by atoms with Crippen molar-refractivity contribution in [2.45, 2.75) is 6.92 Å². The van der Waals surface area contributed by atoms with Crippen LogP contribution in [0.1, 0.15) is 18.1 Å². The normalized spacial score (nSPS) is 13.9. The predicted octanol–water partition coefficient (Wildman–Crippen LogP) is 4.19. The van der Waals surface area contributed by atoms with Crippen LogP contribution < -0.4 is 20.9 Å². The van der Waals surface area contributed by atoms with Crippen molar-refractivity contribution in [1.82, 2.24) is 5.32 Å². The minimum absolute atomic E-state index is 0.00103. The highest BCUT2D eigenvalue weighted by Gasteiger charge is 2.28. The van der Waals surface area contributed by atoms with Gasteiger partial charge in [0.15, 0.2) is 0 Å². The molecule has 0 bridgehead atoms. The number of anilines is 3. The van der Waals surface area contributed by atoms with Crippen LogP contribution in [0.25, 0.3) is 11.3 Å². The number of carbonyl (C=O) groups is 2. The average Bonchev–Trinajstić information content (AvgIpc) is 3.17. The molecule has 3 N–H and O–H groups in total. The van der Waals surface area contributed by atoms with Crippen molar-refractivity contribution in [3.63, 3.8) is 0 Å². The Kier molecular flexibility index (Phi) is 6.33. The number of carbonyl (C=O) groups excluding carboxylic acids is 2. The van der Waals surface area contributed by atoms with Gasteiger partial charge in [-0.05, 0) is 42.4 Å². The third kappa shape index (κ3) is 4.40. The van der Waals surface area contributed by atoms with Gasteiger partial charge < -0.3 is 20.9 Å². The van der Waals surface area contributed by atoms with Gasteiger partial charge in [0.1, 0.15) is 0 Å². The predicted molar refractivity (Wildman–Crippen MR) is 130 cm³/mol. The van der Waals surface area contributed by atoms with Gasteiger partial charge in [0.25, 0.3) is 5.91 Å². The lowest BCUT2D eigenvalue weighted by Gasteiger charge is -2.19. The fraction of sp³-hybridized carbons (Fsp3) is 0.154. The molecule has 0 unspecified atom stereocenters. The molecule has 6 heteroatoms. The summed E-state index contributed by atoms with van der Waals surface area (Å²) in [6, 6.07) is 25.1. The monoisotopic (exact) mass is 426 g/mol. The van der Waals surface area contributed by atoms with E-state index in [1.165, 1.54) is 0 Å². The summed E-state index contributed by atoms with van der Waals surface area (Å²) in [5, 5.41) is 9.44. The largest absolute Gasteiger partial charge is 0.354 e. The van der Waals surface area contributed by atoms with Crippen molar-refractivity contribution in [3.8, 4) is 0 Å². The molecular weight excluding hydrogens is 400 g/mol. The molecule has 1 heterocycles. The van der Waals surface area contributed by atoms with Crippen LogP contribution in [-0.2, 0) is 9.59 Å². The quantitative estimate of drug-likeness (QED) is 0.495. The molecule has 0 radical (unpaired) electrons. The standard InChI is InChI=1S/C26H26N4O2/c1-3-27-17-23(31)30(2)20-15-13-19(14-16-20)28-25(18-9-5-4-6-10-18)24-21-11-7-8-12-22(21)29-26(24)32/h4-16,27-28H,3,17H2,1-2H3,(H,29,32). The number of likely N-dealkylation sites (N-methyl/N-ethyl adjacent to an activating group) is 2. The Hall–Kier alpha value is -3.90. The molecule has 0 spiro atoms. The molecule has 1 aliphatic rings. The van der Waals surface area contributed by atoms with E-state index in [0.717, 1.165) is 40.4 Å². The number of fused-ring (bicyclic) bond motifs is 1. The summed E-state index contributed by atoms with van der Waals surface area (Å²) in [4.78, 5) is 26.8. The van der Waals surface area contributed by atoms with E-state index in [1.54, 1.807) is 11.9 Å². The van der Waals surface area contributed by atoms with E-state index in [9.17, 15) is 9.59 Å². The Morgan fingerprint density at radius 3 is 2.34 bits per heavy atom. The van der Waals surface area contributed by atoms with Crippen molar-refractivity contribution in [2.75, 3.05) is 35.7 Å². The number of hydrogen-bond donors (Lipinski definition) is 3. The first-order valence-corrected chi connectivity index (χ1v) is 10.6. The summed E-state index contributed by atoms with van der Waals surface area (Å²) < 4.78 is 0. The fourth-order valence-corrected chi connectivity index (χ4v) is 3.66. The molecule has 4 rings (SSSR count). The van der Waals surface area contributed by atoms with Crippen molar-refractivity contribution in [3.05, 3.63) is 90.0 Å². The zero-order chi connectivity index (χ0) is 22.5. The van der Waals surface area contributed by atoms with Gasteiger partial charge in [0.05, 0.1) is 17.8 Å². The summed E-state index contributed by atoms with van der Waals surface area (Å²) in [7, 11) is 1.76. The van der Waals surface area contributed by atoms with Crippen molar-refractivity contribution in [2.24, 2.45) is 0 Å². The lowest BCUT2D eigenvalue weighted by Crippen LogP contribution is -2.35. The SMILES string of the molecule is CCNCC(=O)N(C)c1ccc(NC(=C2C(=O)Nc3ccccc32)c2ccccc2)cc1. The highest BCUT2D eigenvalue weighted by Crippen LogP contribution is 2.37. The van der Waals surface area contributed by atoms with Crippen LogP contribution in [0.5, 0.6) is 0 Å². The third-order valence-corrected chi connectivity index (χ3v) is 5.41. The molecule has 32 heavy (non-hydrogen) atoms. The number of benzene rings is 3. The van der Waals surface area contributed by atoms with Crippen LogP contribution in [0.15, 0.2) is 78.9 Å². The Morgan fingerprint density at radius 2 is 1.62 bits per heavy atom. The first-order valence-electron chi connectivity index (χ1n) is 10.6. The molecule has 0 atom stereocenters. The highest BCUT2D eigenvalue weighted by atomic mass is 16.2. The molecular formula is C26H26N4O2. The van der Waals surface area contributed by atoms with Crippen molar-refractivity contribution in [1.29, 1.82) is 0 Å². The molecule has 0 aromatic heterocycles. The topological polar surface area (TPSA) is 73.5 Å². The van der Waals surface area contributed by atoms with Gasteiger partial charge in [-0.25, -0.2) is 0 Å². The maximum absolute atomic E-state index is 12.9. The van der Waals surface area contributed by atoms with Gasteiger partial charge >= 0.3 is 0 Å². The summed E-state index contributed by atoms with van der Waals surface area (Å²) in [6.45, 7) is 3.01. The van der Waals surface area contributed by atoms with E-state index < -0.39 is 0 Å². The Balaban J connectivity index is 1.67. The van der Waals surface area contributed by atoms with Gasteiger partial charge in [-0.15, -0.1) is 0 Å². The van der Waals surface area contributed by atoms with Gasteiger partial charge in [-0.3, -0.25) is 9.59 Å². The van der Waals surface area contributed by atoms with Crippen LogP contribution in [-0.4, -0.2) is 32.0 Å². The van der Waals surface area contributed by atoms with E-state index in [2.05, 4.69) is 16.0 Å². The van der Waals surface area contributed by atoms with E-state index in [4.69, 9.17) is 0 Å². The Labute approximate surface area is 188 Å². The summed E-state index contributed by atoms with van der Waals surface area (Å²) in [6.07, 6.45) is 0. The summed E-state index contributed by atoms with van der Waals surface area (Å²) in [5.41, 5.74) is 5.55.